The Bertz CT molecular complexity index is 750. The maximum Gasteiger partial charge on any atom is 0.387 e. The van der Waals surface area contributed by atoms with Gasteiger partial charge in [-0.05, 0) is 80.0 Å². The first-order valence-corrected chi connectivity index (χ1v) is 10.5. The summed E-state index contributed by atoms with van der Waals surface area (Å²) in [5.41, 5.74) is 0.297. The molecule has 0 heterocycles. The van der Waals surface area contributed by atoms with E-state index in [1.807, 2.05) is 0 Å². The Labute approximate surface area is 171 Å². The number of carbonyl (C=O) groups excluding carboxylic acids is 2. The summed E-state index contributed by atoms with van der Waals surface area (Å²) in [6, 6.07) is 5.38. The van der Waals surface area contributed by atoms with Gasteiger partial charge in [-0.25, -0.2) is 0 Å². The number of esters is 1. The number of hydrogen-bond acceptors (Lipinski definition) is 4. The summed E-state index contributed by atoms with van der Waals surface area (Å²) in [5.74, 6) is 0.658. The molecule has 1 aromatic rings. The van der Waals surface area contributed by atoms with E-state index in [2.05, 4.69) is 20.7 Å². The van der Waals surface area contributed by atoms with Crippen LogP contribution >= 0.6 is 15.9 Å². The number of ether oxygens (including phenoxy) is 2. The molecule has 4 aliphatic rings. The number of benzene rings is 1. The molecule has 0 saturated heterocycles. The monoisotopic (exact) mass is 456 g/mol. The van der Waals surface area contributed by atoms with Gasteiger partial charge >= 0.3 is 12.6 Å². The molecule has 0 amide bonds. The van der Waals surface area contributed by atoms with Gasteiger partial charge in [0.2, 0.25) is 0 Å². The van der Waals surface area contributed by atoms with Crippen molar-refractivity contribution in [2.24, 2.45) is 17.3 Å². The highest BCUT2D eigenvalue weighted by Crippen LogP contribution is 2.65. The fraction of sp³-hybridized carbons (Fsp3) is 0.619. The maximum absolute atomic E-state index is 12.5. The third-order valence-electron chi connectivity index (χ3n) is 6.40. The summed E-state index contributed by atoms with van der Waals surface area (Å²) < 4.78 is 34.0. The fourth-order valence-electron chi connectivity index (χ4n) is 5.95. The number of alkyl halides is 3. The van der Waals surface area contributed by atoms with Gasteiger partial charge in [0, 0.05) is 9.89 Å². The Morgan fingerprint density at radius 3 is 2.32 bits per heavy atom. The van der Waals surface area contributed by atoms with E-state index in [-0.39, 0.29) is 33.8 Å². The summed E-state index contributed by atoms with van der Waals surface area (Å²) in [7, 11) is 0. The molecule has 4 nitrogen and oxygen atoms in total. The molecule has 1 aromatic carbocycles. The Hall–Kier alpha value is -1.50. The summed E-state index contributed by atoms with van der Waals surface area (Å²) in [6.07, 6.45) is 7.18. The zero-order valence-corrected chi connectivity index (χ0v) is 17.1. The van der Waals surface area contributed by atoms with Gasteiger partial charge in [0.1, 0.15) is 5.75 Å². The second kappa shape index (κ2) is 7.39. The molecule has 7 heteroatoms. The zero-order valence-electron chi connectivity index (χ0n) is 15.5. The van der Waals surface area contributed by atoms with Gasteiger partial charge in [0.05, 0.1) is 6.42 Å². The van der Waals surface area contributed by atoms with Crippen LogP contribution in [0.25, 0.3) is 0 Å². The predicted molar refractivity (Wildman–Crippen MR) is 102 cm³/mol. The Balaban J connectivity index is 1.30. The topological polar surface area (TPSA) is 52.6 Å². The molecule has 4 saturated carbocycles. The maximum atomic E-state index is 12.5. The van der Waals surface area contributed by atoms with Gasteiger partial charge in [-0.3, -0.25) is 9.59 Å². The lowest BCUT2D eigenvalue weighted by molar-refractivity contribution is -0.149. The third kappa shape index (κ3) is 4.24. The molecule has 4 fully saturated rings. The molecule has 5 rings (SSSR count). The second-order valence-corrected chi connectivity index (χ2v) is 10.5. The van der Waals surface area contributed by atoms with Crippen LogP contribution in [0.2, 0.25) is 0 Å². The molecule has 0 aliphatic heterocycles. The van der Waals surface area contributed by atoms with E-state index in [0.717, 1.165) is 19.3 Å². The molecule has 0 N–H and O–H groups in total. The Morgan fingerprint density at radius 2 is 1.75 bits per heavy atom. The van der Waals surface area contributed by atoms with Gasteiger partial charge in [-0.15, -0.1) is 0 Å². The van der Waals surface area contributed by atoms with Gasteiger partial charge < -0.3 is 9.47 Å². The van der Waals surface area contributed by atoms with Crippen molar-refractivity contribution in [3.63, 3.8) is 0 Å². The molecule has 0 radical (unpaired) electrons. The normalized spacial score (nSPS) is 33.1. The molecule has 4 aliphatic carbocycles. The van der Waals surface area contributed by atoms with Crippen LogP contribution in [0.5, 0.6) is 5.75 Å². The number of carbonyl (C=O) groups is 2. The Morgan fingerprint density at radius 1 is 1.11 bits per heavy atom. The SMILES string of the molecule is O=C(CC12C[C@H]3C[C@@H](CC(Br)(C3)C1)C2)OCC(=O)c1ccc(OC(F)F)cc1. The molecular weight excluding hydrogens is 434 g/mol. The van der Waals surface area contributed by atoms with Crippen LogP contribution in [0.1, 0.15) is 55.3 Å². The van der Waals surface area contributed by atoms with E-state index in [1.165, 1.54) is 43.5 Å². The van der Waals surface area contributed by atoms with Crippen molar-refractivity contribution in [1.29, 1.82) is 0 Å². The first-order chi connectivity index (χ1) is 13.2. The number of ketones is 1. The van der Waals surface area contributed by atoms with Gasteiger partial charge in [0.25, 0.3) is 0 Å². The minimum Gasteiger partial charge on any atom is -0.457 e. The third-order valence-corrected chi connectivity index (χ3v) is 7.32. The van der Waals surface area contributed by atoms with Crippen LogP contribution in [0, 0.1) is 17.3 Å². The zero-order chi connectivity index (χ0) is 19.9. The standard InChI is InChI=1S/C21H23BrF2O4/c22-21-8-13-5-14(9-21)7-20(6-13,12-21)10-18(26)27-11-17(25)15-1-3-16(4-2-15)28-19(23)24/h1-4,13-14,19H,5-12H2/t13-,14-,20?,21?/m1/s1. The van der Waals surface area contributed by atoms with Crippen molar-refractivity contribution < 1.29 is 27.8 Å². The number of rotatable bonds is 7. The second-order valence-electron chi connectivity index (χ2n) is 8.78. The van der Waals surface area contributed by atoms with Crippen LogP contribution in [0.15, 0.2) is 24.3 Å². The van der Waals surface area contributed by atoms with Gasteiger partial charge in [-0.2, -0.15) is 8.78 Å². The van der Waals surface area contributed by atoms with Crippen molar-refractivity contribution in [1.82, 2.24) is 0 Å². The lowest BCUT2D eigenvalue weighted by Crippen LogP contribution is -2.53. The largest absolute Gasteiger partial charge is 0.457 e. The van der Waals surface area contributed by atoms with E-state index in [0.29, 0.717) is 23.8 Å². The summed E-state index contributed by atoms with van der Waals surface area (Å²) in [4.78, 5) is 24.7. The van der Waals surface area contributed by atoms with Crippen LogP contribution < -0.4 is 4.74 Å². The van der Waals surface area contributed by atoms with Gasteiger partial charge in [0.15, 0.2) is 12.4 Å². The van der Waals surface area contributed by atoms with E-state index < -0.39 is 6.61 Å². The number of hydrogen-bond donors (Lipinski definition) is 0. The Kier molecular flexibility index (Phi) is 5.23. The quantitative estimate of drug-likeness (QED) is 0.323. The summed E-state index contributed by atoms with van der Waals surface area (Å²) in [5, 5.41) is 0. The average molecular weight is 457 g/mol. The molecular formula is C21H23BrF2O4. The first-order valence-electron chi connectivity index (χ1n) is 9.67. The van der Waals surface area contributed by atoms with E-state index in [4.69, 9.17) is 4.74 Å². The summed E-state index contributed by atoms with van der Waals surface area (Å²) in [6.45, 7) is -3.25. The lowest BCUT2D eigenvalue weighted by atomic mass is 9.49. The first kappa shape index (κ1) is 19.8. The van der Waals surface area contributed by atoms with Crippen LogP contribution in [-0.4, -0.2) is 29.3 Å². The molecule has 0 unspecified atom stereocenters. The molecule has 28 heavy (non-hydrogen) atoms. The fourth-order valence-corrected chi connectivity index (χ4v) is 7.46. The van der Waals surface area contributed by atoms with Crippen molar-refractivity contribution in [2.45, 2.75) is 55.9 Å². The van der Waals surface area contributed by atoms with Crippen LogP contribution in [0.4, 0.5) is 8.78 Å². The highest BCUT2D eigenvalue weighted by Gasteiger charge is 2.57. The molecule has 152 valence electrons. The molecule has 2 atom stereocenters. The smallest absolute Gasteiger partial charge is 0.387 e. The number of Topliss-reactive ketones (excluding diaryl/α,β-unsaturated/α-hetero) is 1. The van der Waals surface area contributed by atoms with E-state index in [9.17, 15) is 18.4 Å². The van der Waals surface area contributed by atoms with Crippen LogP contribution in [0.3, 0.4) is 0 Å². The van der Waals surface area contributed by atoms with Crippen molar-refractivity contribution >= 4 is 27.7 Å². The summed E-state index contributed by atoms with van der Waals surface area (Å²) >= 11 is 3.93. The van der Waals surface area contributed by atoms with E-state index in [1.54, 1.807) is 0 Å². The van der Waals surface area contributed by atoms with Crippen molar-refractivity contribution in [3.8, 4) is 5.75 Å². The average Bonchev–Trinajstić information content (AvgIpc) is 2.57. The highest BCUT2D eigenvalue weighted by molar-refractivity contribution is 9.10. The molecule has 0 spiro atoms. The minimum atomic E-state index is -2.91. The van der Waals surface area contributed by atoms with Crippen LogP contribution in [-0.2, 0) is 9.53 Å². The van der Waals surface area contributed by atoms with Crippen molar-refractivity contribution in [2.75, 3.05) is 6.61 Å². The highest BCUT2D eigenvalue weighted by atomic mass is 79.9. The number of halogens is 3. The predicted octanol–water partition coefficient (Wildman–Crippen LogP) is 5.14. The minimum absolute atomic E-state index is 0.00196. The van der Waals surface area contributed by atoms with Crippen molar-refractivity contribution in [3.05, 3.63) is 29.8 Å². The molecule has 4 bridgehead atoms. The van der Waals surface area contributed by atoms with E-state index >= 15 is 0 Å². The lowest BCUT2D eigenvalue weighted by Gasteiger charge is -2.60. The van der Waals surface area contributed by atoms with Gasteiger partial charge in [-0.1, -0.05) is 15.9 Å². The molecule has 0 aromatic heterocycles.